The van der Waals surface area contributed by atoms with E-state index in [-0.39, 0.29) is 5.78 Å². The van der Waals surface area contributed by atoms with Crippen molar-refractivity contribution in [2.24, 2.45) is 0 Å². The van der Waals surface area contributed by atoms with Crippen molar-refractivity contribution in [1.29, 1.82) is 0 Å². The molecule has 0 bridgehead atoms. The highest BCUT2D eigenvalue weighted by Crippen LogP contribution is 2.16. The molecule has 0 atom stereocenters. The highest BCUT2D eigenvalue weighted by Gasteiger charge is 2.07. The van der Waals surface area contributed by atoms with Gasteiger partial charge >= 0.3 is 0 Å². The van der Waals surface area contributed by atoms with Gasteiger partial charge in [0.05, 0.1) is 12.4 Å². The number of Topliss-reactive ketones (excluding diaryl/α,β-unsaturated/α-hetero) is 1. The second kappa shape index (κ2) is 6.89. The van der Waals surface area contributed by atoms with Crippen molar-refractivity contribution >= 4 is 17.5 Å². The molecule has 0 spiro atoms. The van der Waals surface area contributed by atoms with Crippen LogP contribution in [-0.2, 0) is 0 Å². The van der Waals surface area contributed by atoms with E-state index in [1.165, 1.54) is 11.8 Å². The summed E-state index contributed by atoms with van der Waals surface area (Å²) in [4.78, 5) is 20.1. The Morgan fingerprint density at radius 1 is 1.21 bits per heavy atom. The number of aromatic nitrogens is 2. The van der Waals surface area contributed by atoms with E-state index in [0.29, 0.717) is 23.1 Å². The quantitative estimate of drug-likeness (QED) is 0.460. The number of thioether (sulfide) groups is 1. The van der Waals surface area contributed by atoms with Crippen LogP contribution >= 0.6 is 11.8 Å². The monoisotopic (exact) mass is 274 g/mol. The van der Waals surface area contributed by atoms with Crippen LogP contribution < -0.4 is 4.74 Å². The third kappa shape index (κ3) is 4.06. The number of benzene rings is 1. The Bertz CT molecular complexity index is 529. The van der Waals surface area contributed by atoms with Crippen LogP contribution in [0.5, 0.6) is 5.75 Å². The van der Waals surface area contributed by atoms with Crippen molar-refractivity contribution in [3.8, 4) is 5.75 Å². The van der Waals surface area contributed by atoms with Crippen molar-refractivity contribution < 1.29 is 9.53 Å². The number of carbonyl (C=O) groups is 1. The highest BCUT2D eigenvalue weighted by molar-refractivity contribution is 7.99. The van der Waals surface area contributed by atoms with Gasteiger partial charge in [0, 0.05) is 18.0 Å². The van der Waals surface area contributed by atoms with Gasteiger partial charge in [0.25, 0.3) is 0 Å². The molecule has 0 fully saturated rings. The van der Waals surface area contributed by atoms with Crippen LogP contribution in [0.3, 0.4) is 0 Å². The van der Waals surface area contributed by atoms with Gasteiger partial charge in [0.2, 0.25) is 0 Å². The number of nitrogens with zero attached hydrogens (tertiary/aromatic N) is 2. The molecule has 1 aromatic carbocycles. The van der Waals surface area contributed by atoms with E-state index < -0.39 is 0 Å². The largest absolute Gasteiger partial charge is 0.494 e. The van der Waals surface area contributed by atoms with Crippen LogP contribution in [0.1, 0.15) is 17.3 Å². The van der Waals surface area contributed by atoms with E-state index in [1.807, 2.05) is 6.92 Å². The molecule has 0 aliphatic rings. The van der Waals surface area contributed by atoms with Gasteiger partial charge < -0.3 is 4.74 Å². The Kier molecular flexibility index (Phi) is 4.92. The zero-order valence-corrected chi connectivity index (χ0v) is 11.4. The summed E-state index contributed by atoms with van der Waals surface area (Å²) < 4.78 is 5.33. The first-order valence-electron chi connectivity index (χ1n) is 5.95. The molecule has 0 radical (unpaired) electrons. The van der Waals surface area contributed by atoms with E-state index in [2.05, 4.69) is 9.97 Å². The average Bonchev–Trinajstić information content (AvgIpc) is 2.47. The van der Waals surface area contributed by atoms with Crippen molar-refractivity contribution in [2.45, 2.75) is 12.1 Å². The lowest BCUT2D eigenvalue weighted by atomic mass is 10.1. The van der Waals surface area contributed by atoms with Crippen molar-refractivity contribution in [2.75, 3.05) is 12.4 Å². The molecule has 0 saturated heterocycles. The zero-order valence-electron chi connectivity index (χ0n) is 10.6. The van der Waals surface area contributed by atoms with E-state index in [0.717, 1.165) is 5.75 Å². The van der Waals surface area contributed by atoms with Crippen LogP contribution in [0, 0.1) is 0 Å². The molecule has 98 valence electrons. The van der Waals surface area contributed by atoms with E-state index in [9.17, 15) is 4.79 Å². The number of rotatable bonds is 6. The van der Waals surface area contributed by atoms with Gasteiger partial charge in [-0.25, -0.2) is 9.97 Å². The van der Waals surface area contributed by atoms with E-state index in [4.69, 9.17) is 4.74 Å². The lowest BCUT2D eigenvalue weighted by Crippen LogP contribution is -2.03. The zero-order chi connectivity index (χ0) is 13.5. The fourth-order valence-electron chi connectivity index (χ4n) is 1.48. The summed E-state index contributed by atoms with van der Waals surface area (Å²) in [7, 11) is 0. The number of ketones is 1. The van der Waals surface area contributed by atoms with Crippen LogP contribution in [0.25, 0.3) is 0 Å². The fraction of sp³-hybridized carbons (Fsp3) is 0.214. The maximum absolute atomic E-state index is 12.0. The minimum Gasteiger partial charge on any atom is -0.494 e. The molecule has 0 unspecified atom stereocenters. The van der Waals surface area contributed by atoms with Gasteiger partial charge in [-0.15, -0.1) is 0 Å². The molecule has 0 aliphatic heterocycles. The first kappa shape index (κ1) is 13.5. The predicted octanol–water partition coefficient (Wildman–Crippen LogP) is 2.85. The van der Waals surface area contributed by atoms with Gasteiger partial charge in [-0.2, -0.15) is 0 Å². The number of hydrogen-bond acceptors (Lipinski definition) is 5. The van der Waals surface area contributed by atoms with Gasteiger partial charge in [-0.1, -0.05) is 11.8 Å². The van der Waals surface area contributed by atoms with Gasteiger partial charge in [-0.05, 0) is 37.3 Å². The van der Waals surface area contributed by atoms with Crippen LogP contribution in [0.15, 0.2) is 47.9 Å². The lowest BCUT2D eigenvalue weighted by molar-refractivity contribution is 0.102. The SMILES string of the molecule is CCOc1ccc(C(=O)CSc2ncccn2)cc1. The molecule has 0 amide bonds. The number of carbonyl (C=O) groups excluding carboxylic acids is 1. The first-order valence-corrected chi connectivity index (χ1v) is 6.94. The third-order valence-corrected chi connectivity index (χ3v) is 3.24. The van der Waals surface area contributed by atoms with Crippen molar-refractivity contribution in [3.63, 3.8) is 0 Å². The van der Waals surface area contributed by atoms with Crippen LogP contribution in [-0.4, -0.2) is 28.1 Å². The Labute approximate surface area is 116 Å². The molecule has 5 heteroatoms. The lowest BCUT2D eigenvalue weighted by Gasteiger charge is -2.04. The first-order chi connectivity index (χ1) is 9.29. The molecular formula is C14H14N2O2S. The maximum Gasteiger partial charge on any atom is 0.187 e. The summed E-state index contributed by atoms with van der Waals surface area (Å²) in [6.07, 6.45) is 3.33. The Morgan fingerprint density at radius 2 is 1.89 bits per heavy atom. The minimum absolute atomic E-state index is 0.0560. The second-order valence-corrected chi connectivity index (χ2v) is 4.64. The number of hydrogen-bond donors (Lipinski definition) is 0. The molecule has 1 heterocycles. The van der Waals surface area contributed by atoms with Gasteiger partial charge in [0.15, 0.2) is 10.9 Å². The molecule has 0 aliphatic carbocycles. The predicted molar refractivity (Wildman–Crippen MR) is 74.7 cm³/mol. The summed E-state index contributed by atoms with van der Waals surface area (Å²) in [5, 5.41) is 0.613. The standard InChI is InChI=1S/C14H14N2O2S/c1-2-18-12-6-4-11(5-7-12)13(17)10-19-14-15-8-3-9-16-14/h3-9H,2,10H2,1H3. The molecular weight excluding hydrogens is 260 g/mol. The van der Waals surface area contributed by atoms with E-state index in [1.54, 1.807) is 42.7 Å². The topological polar surface area (TPSA) is 52.1 Å². The molecule has 1 aromatic heterocycles. The average molecular weight is 274 g/mol. The van der Waals surface area contributed by atoms with Crippen LogP contribution in [0.4, 0.5) is 0 Å². The molecule has 0 saturated carbocycles. The molecule has 2 rings (SSSR count). The summed E-state index contributed by atoms with van der Waals surface area (Å²) >= 11 is 1.33. The van der Waals surface area contributed by atoms with E-state index >= 15 is 0 Å². The minimum atomic E-state index is 0.0560. The Balaban J connectivity index is 1.92. The Hall–Kier alpha value is -1.88. The third-order valence-electron chi connectivity index (χ3n) is 2.36. The molecule has 4 nitrogen and oxygen atoms in total. The summed E-state index contributed by atoms with van der Waals surface area (Å²) in [6, 6.07) is 8.92. The van der Waals surface area contributed by atoms with Crippen molar-refractivity contribution in [1.82, 2.24) is 9.97 Å². The van der Waals surface area contributed by atoms with Gasteiger partial charge in [-0.3, -0.25) is 4.79 Å². The Morgan fingerprint density at radius 3 is 2.53 bits per heavy atom. The number of ether oxygens (including phenoxy) is 1. The van der Waals surface area contributed by atoms with Crippen LogP contribution in [0.2, 0.25) is 0 Å². The normalized spacial score (nSPS) is 10.2. The smallest absolute Gasteiger partial charge is 0.187 e. The maximum atomic E-state index is 12.0. The highest BCUT2D eigenvalue weighted by atomic mass is 32.2. The summed E-state index contributed by atoms with van der Waals surface area (Å²) in [5.41, 5.74) is 0.673. The fourth-order valence-corrected chi connectivity index (χ4v) is 2.17. The summed E-state index contributed by atoms with van der Waals surface area (Å²) in [6.45, 7) is 2.55. The summed E-state index contributed by atoms with van der Waals surface area (Å²) in [5.74, 6) is 1.16. The molecule has 0 N–H and O–H groups in total. The van der Waals surface area contributed by atoms with Gasteiger partial charge in [0.1, 0.15) is 5.75 Å². The van der Waals surface area contributed by atoms with Crippen molar-refractivity contribution in [3.05, 3.63) is 48.3 Å². The second-order valence-electron chi connectivity index (χ2n) is 3.70. The molecule has 2 aromatic rings. The molecule has 19 heavy (non-hydrogen) atoms.